The Kier molecular flexibility index (Phi) is 4.16. The average molecular weight is 272 g/mol. The molecule has 1 aromatic heterocycles. The summed E-state index contributed by atoms with van der Waals surface area (Å²) in [5, 5.41) is 8.80. The van der Waals surface area contributed by atoms with E-state index >= 15 is 0 Å². The number of rotatable bonds is 4. The number of hydrogen-bond donors (Lipinski definition) is 0. The van der Waals surface area contributed by atoms with Crippen LogP contribution in [-0.2, 0) is 11.3 Å². The zero-order valence-corrected chi connectivity index (χ0v) is 11.0. The molecule has 2 aromatic rings. The van der Waals surface area contributed by atoms with Gasteiger partial charge in [0.25, 0.3) is 0 Å². The van der Waals surface area contributed by atoms with E-state index in [1.54, 1.807) is 31.3 Å². The lowest BCUT2D eigenvalue weighted by molar-refractivity contribution is 0.0515. The third kappa shape index (κ3) is 2.69. The Labute approximate surface area is 116 Å². The molecule has 0 aliphatic rings. The summed E-state index contributed by atoms with van der Waals surface area (Å²) in [5.74, 6) is -0.838. The fraction of sp³-hybridized carbons (Fsp3) is 0.200. The number of nitriles is 1. The van der Waals surface area contributed by atoms with Crippen molar-refractivity contribution in [2.24, 2.45) is 0 Å². The molecule has 0 bridgehead atoms. The molecule has 2 rings (SSSR count). The average Bonchev–Trinajstić information content (AvgIpc) is 2.84. The van der Waals surface area contributed by atoms with Gasteiger partial charge in [-0.05, 0) is 30.7 Å². The van der Waals surface area contributed by atoms with Gasteiger partial charge in [0, 0.05) is 11.8 Å². The second kappa shape index (κ2) is 6.02. The maximum Gasteiger partial charge on any atom is 0.355 e. The second-order valence-electron chi connectivity index (χ2n) is 4.09. The summed E-state index contributed by atoms with van der Waals surface area (Å²) in [6, 6.07) is 9.53. The van der Waals surface area contributed by atoms with Crippen LogP contribution in [0.2, 0.25) is 0 Å². The highest BCUT2D eigenvalue weighted by Crippen LogP contribution is 2.26. The van der Waals surface area contributed by atoms with Crippen LogP contribution in [0.1, 0.15) is 17.4 Å². The summed E-state index contributed by atoms with van der Waals surface area (Å²) in [7, 11) is 0. The van der Waals surface area contributed by atoms with Crippen molar-refractivity contribution in [2.75, 3.05) is 6.61 Å². The van der Waals surface area contributed by atoms with Crippen LogP contribution in [0.25, 0.3) is 11.1 Å². The van der Waals surface area contributed by atoms with Crippen molar-refractivity contribution < 1.29 is 13.9 Å². The Morgan fingerprint density at radius 3 is 2.65 bits per heavy atom. The standard InChI is InChI=1S/C15H13FN2O2/c1-2-20-15(19)14-13(7-9-18(14)10-8-17)11-3-5-12(16)6-4-11/h3-7,9H,2,10H2,1H3. The van der Waals surface area contributed by atoms with E-state index in [0.29, 0.717) is 16.8 Å². The molecule has 0 saturated heterocycles. The fourth-order valence-electron chi connectivity index (χ4n) is 1.97. The highest BCUT2D eigenvalue weighted by Gasteiger charge is 2.19. The molecule has 1 aromatic carbocycles. The van der Waals surface area contributed by atoms with Crippen LogP contribution in [0.15, 0.2) is 36.5 Å². The van der Waals surface area contributed by atoms with Gasteiger partial charge in [-0.1, -0.05) is 12.1 Å². The lowest BCUT2D eigenvalue weighted by atomic mass is 10.1. The zero-order valence-electron chi connectivity index (χ0n) is 11.0. The maximum atomic E-state index is 13.0. The van der Waals surface area contributed by atoms with Crippen molar-refractivity contribution in [3.05, 3.63) is 48.0 Å². The van der Waals surface area contributed by atoms with Crippen molar-refractivity contribution in [1.29, 1.82) is 5.26 Å². The zero-order chi connectivity index (χ0) is 14.5. The molecule has 1 heterocycles. The highest BCUT2D eigenvalue weighted by atomic mass is 19.1. The summed E-state index contributed by atoms with van der Waals surface area (Å²) in [6.45, 7) is 2.02. The van der Waals surface area contributed by atoms with Crippen molar-refractivity contribution in [3.63, 3.8) is 0 Å². The summed E-state index contributed by atoms with van der Waals surface area (Å²) in [6.07, 6.45) is 1.65. The van der Waals surface area contributed by atoms with E-state index in [4.69, 9.17) is 10.00 Å². The van der Waals surface area contributed by atoms with Crippen molar-refractivity contribution in [3.8, 4) is 17.2 Å². The minimum atomic E-state index is -0.493. The van der Waals surface area contributed by atoms with Gasteiger partial charge in [-0.25, -0.2) is 9.18 Å². The molecule has 0 saturated carbocycles. The van der Waals surface area contributed by atoms with E-state index in [9.17, 15) is 9.18 Å². The molecule has 102 valence electrons. The van der Waals surface area contributed by atoms with Gasteiger partial charge in [0.2, 0.25) is 0 Å². The molecule has 0 radical (unpaired) electrons. The van der Waals surface area contributed by atoms with Crippen LogP contribution in [-0.4, -0.2) is 17.1 Å². The summed E-state index contributed by atoms with van der Waals surface area (Å²) >= 11 is 0. The predicted molar refractivity (Wildman–Crippen MR) is 71.4 cm³/mol. The van der Waals surface area contributed by atoms with Crippen molar-refractivity contribution >= 4 is 5.97 Å². The van der Waals surface area contributed by atoms with E-state index in [0.717, 1.165) is 0 Å². The first kappa shape index (κ1) is 13.8. The molecular weight excluding hydrogens is 259 g/mol. The van der Waals surface area contributed by atoms with Gasteiger partial charge in [0.05, 0.1) is 12.7 Å². The molecule has 0 unspecified atom stereocenters. The monoisotopic (exact) mass is 272 g/mol. The predicted octanol–water partition coefficient (Wildman–Crippen LogP) is 2.99. The van der Waals surface area contributed by atoms with Crippen molar-refractivity contribution in [2.45, 2.75) is 13.5 Å². The van der Waals surface area contributed by atoms with E-state index < -0.39 is 5.97 Å². The smallest absolute Gasteiger partial charge is 0.355 e. The first-order valence-corrected chi connectivity index (χ1v) is 6.16. The maximum absolute atomic E-state index is 13.0. The Balaban J connectivity index is 2.50. The number of nitrogens with zero attached hydrogens (tertiary/aromatic N) is 2. The SMILES string of the molecule is CCOC(=O)c1c(-c2ccc(F)cc2)ccn1CC#N. The minimum Gasteiger partial charge on any atom is -0.461 e. The molecule has 0 aliphatic carbocycles. The van der Waals surface area contributed by atoms with Crippen LogP contribution in [0.3, 0.4) is 0 Å². The van der Waals surface area contributed by atoms with E-state index in [1.807, 2.05) is 6.07 Å². The van der Waals surface area contributed by atoms with Crippen LogP contribution in [0, 0.1) is 17.1 Å². The number of hydrogen-bond acceptors (Lipinski definition) is 3. The van der Waals surface area contributed by atoms with Crippen LogP contribution in [0.5, 0.6) is 0 Å². The molecule has 0 atom stereocenters. The summed E-state index contributed by atoms with van der Waals surface area (Å²) in [4.78, 5) is 12.0. The number of esters is 1. The number of ether oxygens (including phenoxy) is 1. The molecule has 0 spiro atoms. The lowest BCUT2D eigenvalue weighted by Crippen LogP contribution is -2.12. The first-order valence-electron chi connectivity index (χ1n) is 6.16. The molecular formula is C15H13FN2O2. The molecule has 0 N–H and O–H groups in total. The molecule has 0 amide bonds. The molecule has 20 heavy (non-hydrogen) atoms. The van der Waals surface area contributed by atoms with Gasteiger partial charge in [0.15, 0.2) is 0 Å². The van der Waals surface area contributed by atoms with Crippen LogP contribution in [0.4, 0.5) is 4.39 Å². The number of aromatic nitrogens is 1. The third-order valence-corrected chi connectivity index (χ3v) is 2.83. The van der Waals surface area contributed by atoms with Gasteiger partial charge in [0.1, 0.15) is 18.1 Å². The summed E-state index contributed by atoms with van der Waals surface area (Å²) in [5.41, 5.74) is 1.63. The lowest BCUT2D eigenvalue weighted by Gasteiger charge is -2.08. The number of carbonyl (C=O) groups is 1. The van der Waals surface area contributed by atoms with Gasteiger partial charge < -0.3 is 9.30 Å². The highest BCUT2D eigenvalue weighted by molar-refractivity contribution is 5.96. The first-order chi connectivity index (χ1) is 9.67. The van der Waals surface area contributed by atoms with E-state index in [2.05, 4.69) is 0 Å². The fourth-order valence-corrected chi connectivity index (χ4v) is 1.97. The van der Waals surface area contributed by atoms with Crippen LogP contribution < -0.4 is 0 Å². The van der Waals surface area contributed by atoms with Gasteiger partial charge in [-0.3, -0.25) is 0 Å². The largest absolute Gasteiger partial charge is 0.461 e. The normalized spacial score (nSPS) is 10.1. The Morgan fingerprint density at radius 2 is 2.05 bits per heavy atom. The van der Waals surface area contributed by atoms with Gasteiger partial charge in [-0.2, -0.15) is 5.26 Å². The molecule has 4 nitrogen and oxygen atoms in total. The third-order valence-electron chi connectivity index (χ3n) is 2.83. The Hall–Kier alpha value is -2.61. The number of carbonyl (C=O) groups excluding carboxylic acids is 1. The van der Waals surface area contributed by atoms with Gasteiger partial charge in [-0.15, -0.1) is 0 Å². The minimum absolute atomic E-state index is 0.0509. The second-order valence-corrected chi connectivity index (χ2v) is 4.09. The number of halogens is 1. The van der Waals surface area contributed by atoms with Gasteiger partial charge >= 0.3 is 5.97 Å². The van der Waals surface area contributed by atoms with E-state index in [1.165, 1.54) is 16.7 Å². The topological polar surface area (TPSA) is 55.0 Å². The summed E-state index contributed by atoms with van der Waals surface area (Å²) < 4.78 is 19.5. The van der Waals surface area contributed by atoms with E-state index in [-0.39, 0.29) is 19.0 Å². The quantitative estimate of drug-likeness (QED) is 0.804. The van der Waals surface area contributed by atoms with Crippen molar-refractivity contribution in [1.82, 2.24) is 4.57 Å². The Morgan fingerprint density at radius 1 is 1.35 bits per heavy atom. The molecule has 5 heteroatoms. The molecule has 0 fully saturated rings. The Bertz CT molecular complexity index is 654. The number of benzene rings is 1. The van der Waals surface area contributed by atoms with Crippen LogP contribution >= 0.6 is 0 Å². The molecule has 0 aliphatic heterocycles.